The van der Waals surface area contributed by atoms with Gasteiger partial charge in [-0.2, -0.15) is 0 Å². The number of H-pyrrole nitrogens is 1. The summed E-state index contributed by atoms with van der Waals surface area (Å²) in [5.74, 6) is 1.42. The van der Waals surface area contributed by atoms with Gasteiger partial charge in [-0.3, -0.25) is 4.79 Å². The molecule has 36 heavy (non-hydrogen) atoms. The third-order valence-corrected chi connectivity index (χ3v) is 7.03. The summed E-state index contributed by atoms with van der Waals surface area (Å²) in [5, 5.41) is 5.04. The summed E-state index contributed by atoms with van der Waals surface area (Å²) in [5.41, 5.74) is 3.81. The molecule has 1 fully saturated rings. The predicted molar refractivity (Wildman–Crippen MR) is 147 cm³/mol. The zero-order valence-corrected chi connectivity index (χ0v) is 22.1. The average molecular weight is 510 g/mol. The lowest BCUT2D eigenvalue weighted by molar-refractivity contribution is 0.0897. The van der Waals surface area contributed by atoms with Gasteiger partial charge < -0.3 is 29.4 Å². The number of hydrogen-bond donors (Lipinski definition) is 2. The number of rotatable bonds is 10. The number of aromatic amines is 1. The van der Waals surface area contributed by atoms with Crippen LogP contribution in [0.3, 0.4) is 0 Å². The Balaban J connectivity index is 1.47. The van der Waals surface area contributed by atoms with E-state index < -0.39 is 0 Å². The number of nitrogens with one attached hydrogen (secondary N) is 2. The number of ether oxygens (including phenoxy) is 3. The predicted octanol–water partition coefficient (Wildman–Crippen LogP) is 4.21. The molecule has 1 atom stereocenters. The van der Waals surface area contributed by atoms with Gasteiger partial charge in [-0.15, -0.1) is 0 Å². The molecule has 1 aromatic heterocycles. The summed E-state index contributed by atoms with van der Waals surface area (Å²) in [6.45, 7) is 4.63. The van der Waals surface area contributed by atoms with Gasteiger partial charge in [0, 0.05) is 30.8 Å². The van der Waals surface area contributed by atoms with Gasteiger partial charge >= 0.3 is 0 Å². The van der Waals surface area contributed by atoms with Crippen LogP contribution in [0.1, 0.15) is 36.5 Å². The first-order chi connectivity index (χ1) is 17.5. The minimum atomic E-state index is -0.0859. The van der Waals surface area contributed by atoms with Crippen molar-refractivity contribution in [2.75, 3.05) is 33.9 Å². The lowest BCUT2D eigenvalue weighted by atomic mass is 10.1. The summed E-state index contributed by atoms with van der Waals surface area (Å²) in [4.78, 5) is 18.0. The standard InChI is InChI=1S/C28H35N3O4S/c1-4-19-7-9-24-21(14-19)16-22(27(32)30-24)17-31(18-23-6-5-13-35-23)28(36)29-12-11-20-8-10-25(33-2)26(15-20)34-3/h7-10,14-16,23H,4-6,11-13,17-18H2,1-3H3,(H,29,36)(H,30,32)/t23-/m1/s1. The molecule has 0 bridgehead atoms. The fourth-order valence-corrected chi connectivity index (χ4v) is 4.80. The van der Waals surface area contributed by atoms with Crippen molar-refractivity contribution < 1.29 is 14.2 Å². The number of fused-ring (bicyclic) bond motifs is 1. The van der Waals surface area contributed by atoms with Crippen LogP contribution in [0.25, 0.3) is 10.9 Å². The molecule has 4 rings (SSSR count). The van der Waals surface area contributed by atoms with E-state index in [1.807, 2.05) is 30.3 Å². The average Bonchev–Trinajstić information content (AvgIpc) is 3.41. The first kappa shape index (κ1) is 26.0. The molecule has 3 aromatic rings. The molecule has 0 amide bonds. The van der Waals surface area contributed by atoms with Crippen molar-refractivity contribution >= 4 is 28.2 Å². The highest BCUT2D eigenvalue weighted by molar-refractivity contribution is 7.80. The van der Waals surface area contributed by atoms with Crippen molar-refractivity contribution in [3.05, 3.63) is 69.5 Å². The number of hydrogen-bond acceptors (Lipinski definition) is 5. The first-order valence-electron chi connectivity index (χ1n) is 12.5. The van der Waals surface area contributed by atoms with Crippen molar-refractivity contribution in [3.63, 3.8) is 0 Å². The van der Waals surface area contributed by atoms with Gasteiger partial charge in [-0.1, -0.05) is 19.1 Å². The van der Waals surface area contributed by atoms with Crippen LogP contribution in [0.4, 0.5) is 0 Å². The van der Waals surface area contributed by atoms with Gasteiger partial charge in [0.2, 0.25) is 0 Å². The normalized spacial score (nSPS) is 15.1. The van der Waals surface area contributed by atoms with Gasteiger partial charge in [-0.25, -0.2) is 0 Å². The second-order valence-corrected chi connectivity index (χ2v) is 9.47. The third kappa shape index (κ3) is 6.36. The van der Waals surface area contributed by atoms with E-state index in [1.54, 1.807) is 14.2 Å². The number of aryl methyl sites for hydroxylation is 1. The molecule has 2 N–H and O–H groups in total. The van der Waals surface area contributed by atoms with Crippen LogP contribution in [0, 0.1) is 0 Å². The molecule has 192 valence electrons. The number of pyridine rings is 1. The van der Waals surface area contributed by atoms with Crippen molar-refractivity contribution in [2.24, 2.45) is 0 Å². The molecule has 0 saturated carbocycles. The molecular formula is C28H35N3O4S. The zero-order valence-electron chi connectivity index (χ0n) is 21.3. The van der Waals surface area contributed by atoms with Crippen LogP contribution in [-0.4, -0.2) is 55.0 Å². The Kier molecular flexibility index (Phi) is 8.83. The Bertz CT molecular complexity index is 1250. The Labute approximate surface area is 217 Å². The molecule has 0 radical (unpaired) electrons. The summed E-state index contributed by atoms with van der Waals surface area (Å²) in [6.07, 6.45) is 3.88. The van der Waals surface area contributed by atoms with Crippen LogP contribution in [-0.2, 0) is 24.1 Å². The lowest BCUT2D eigenvalue weighted by Gasteiger charge is -2.28. The molecule has 2 heterocycles. The van der Waals surface area contributed by atoms with E-state index in [9.17, 15) is 4.79 Å². The van der Waals surface area contributed by atoms with E-state index in [1.165, 1.54) is 5.56 Å². The minimum Gasteiger partial charge on any atom is -0.493 e. The van der Waals surface area contributed by atoms with Crippen molar-refractivity contribution in [3.8, 4) is 11.5 Å². The first-order valence-corrected chi connectivity index (χ1v) is 12.9. The summed E-state index contributed by atoms with van der Waals surface area (Å²) >= 11 is 5.79. The number of thiocarbonyl (C=S) groups is 1. The molecule has 7 nitrogen and oxygen atoms in total. The molecule has 1 saturated heterocycles. The van der Waals surface area contributed by atoms with Crippen molar-refractivity contribution in [1.29, 1.82) is 0 Å². The second-order valence-electron chi connectivity index (χ2n) is 9.09. The molecule has 0 spiro atoms. The lowest BCUT2D eigenvalue weighted by Crippen LogP contribution is -2.44. The molecule has 2 aromatic carbocycles. The van der Waals surface area contributed by atoms with E-state index in [2.05, 4.69) is 34.3 Å². The maximum atomic E-state index is 12.9. The van der Waals surface area contributed by atoms with Gasteiger partial charge in [0.15, 0.2) is 16.6 Å². The van der Waals surface area contributed by atoms with E-state index in [4.69, 9.17) is 26.4 Å². The van der Waals surface area contributed by atoms with Crippen LogP contribution in [0.15, 0.2) is 47.3 Å². The highest BCUT2D eigenvalue weighted by Crippen LogP contribution is 2.27. The van der Waals surface area contributed by atoms with E-state index >= 15 is 0 Å². The third-order valence-electron chi connectivity index (χ3n) is 6.63. The summed E-state index contributed by atoms with van der Waals surface area (Å²) < 4.78 is 16.6. The second kappa shape index (κ2) is 12.2. The quantitative estimate of drug-likeness (QED) is 0.397. The van der Waals surface area contributed by atoms with E-state index in [0.717, 1.165) is 48.8 Å². The maximum Gasteiger partial charge on any atom is 0.253 e. The number of aromatic nitrogens is 1. The van der Waals surface area contributed by atoms with Gasteiger partial charge in [0.05, 0.1) is 26.9 Å². The SMILES string of the molecule is CCc1ccc2[nH]c(=O)c(CN(C[C@H]3CCCO3)C(=S)NCCc3ccc(OC)c(OC)c3)cc2c1. The molecule has 0 unspecified atom stereocenters. The number of benzene rings is 2. The Morgan fingerprint density at radius 2 is 1.94 bits per heavy atom. The van der Waals surface area contributed by atoms with Crippen LogP contribution < -0.4 is 20.3 Å². The zero-order chi connectivity index (χ0) is 25.5. The summed E-state index contributed by atoms with van der Waals surface area (Å²) in [6, 6.07) is 14.1. The smallest absolute Gasteiger partial charge is 0.253 e. The molecular weight excluding hydrogens is 474 g/mol. The monoisotopic (exact) mass is 509 g/mol. The van der Waals surface area contributed by atoms with Crippen molar-refractivity contribution in [2.45, 2.75) is 45.3 Å². The molecule has 1 aliphatic rings. The van der Waals surface area contributed by atoms with Gasteiger partial charge in [0.1, 0.15) is 0 Å². The molecule has 1 aliphatic heterocycles. The highest BCUT2D eigenvalue weighted by Gasteiger charge is 2.22. The highest BCUT2D eigenvalue weighted by atomic mass is 32.1. The van der Waals surface area contributed by atoms with Crippen LogP contribution in [0.2, 0.25) is 0 Å². The molecule has 8 heteroatoms. The van der Waals surface area contributed by atoms with E-state index in [-0.39, 0.29) is 11.7 Å². The molecule has 0 aliphatic carbocycles. The largest absolute Gasteiger partial charge is 0.493 e. The van der Waals surface area contributed by atoms with E-state index in [0.29, 0.717) is 41.8 Å². The van der Waals surface area contributed by atoms with Crippen LogP contribution in [0.5, 0.6) is 11.5 Å². The Hall–Kier alpha value is -3.10. The van der Waals surface area contributed by atoms with Gasteiger partial charge in [0.25, 0.3) is 5.56 Å². The topological polar surface area (TPSA) is 75.8 Å². The maximum absolute atomic E-state index is 12.9. The fraction of sp³-hybridized carbons (Fsp3) is 0.429. The minimum absolute atomic E-state index is 0.0859. The van der Waals surface area contributed by atoms with Crippen LogP contribution >= 0.6 is 12.2 Å². The van der Waals surface area contributed by atoms with Crippen molar-refractivity contribution in [1.82, 2.24) is 15.2 Å². The number of nitrogens with zero attached hydrogens (tertiary/aromatic N) is 1. The summed E-state index contributed by atoms with van der Waals surface area (Å²) in [7, 11) is 3.26. The fourth-order valence-electron chi connectivity index (χ4n) is 4.56. The van der Waals surface area contributed by atoms with Gasteiger partial charge in [-0.05, 0) is 84.7 Å². The number of methoxy groups -OCH3 is 2. The Morgan fingerprint density at radius 1 is 1.14 bits per heavy atom. The Morgan fingerprint density at radius 3 is 2.67 bits per heavy atom.